The van der Waals surface area contributed by atoms with Gasteiger partial charge in [0.05, 0.1) is 0 Å². The van der Waals surface area contributed by atoms with Gasteiger partial charge in [0.25, 0.3) is 0 Å². The maximum absolute atomic E-state index is 6.06. The molecule has 0 spiro atoms. The molecule has 0 bridgehead atoms. The van der Waals surface area contributed by atoms with Crippen molar-refractivity contribution in [1.29, 1.82) is 0 Å². The molecule has 0 saturated heterocycles. The van der Waals surface area contributed by atoms with Gasteiger partial charge in [0.1, 0.15) is 0 Å². The maximum atomic E-state index is 6.06. The molecule has 2 rings (SSSR count). The van der Waals surface area contributed by atoms with E-state index in [1.807, 2.05) is 31.3 Å². The molecular weight excluding hydrogens is 184 g/mol. The van der Waals surface area contributed by atoms with Crippen LogP contribution in [-0.4, -0.2) is 4.98 Å². The average Bonchev–Trinajstić information content (AvgIpc) is 2.50. The third-order valence-electron chi connectivity index (χ3n) is 2.18. The van der Waals surface area contributed by atoms with Crippen LogP contribution in [0.5, 0.6) is 0 Å². The van der Waals surface area contributed by atoms with Crippen molar-refractivity contribution in [3.8, 4) is 0 Å². The molecule has 3 N–H and O–H groups in total. The van der Waals surface area contributed by atoms with Crippen LogP contribution in [0.1, 0.15) is 18.5 Å². The highest BCUT2D eigenvalue weighted by molar-refractivity contribution is 6.32. The van der Waals surface area contributed by atoms with Crippen LogP contribution in [0.25, 0.3) is 10.9 Å². The Kier molecular flexibility index (Phi) is 2.02. The molecule has 2 nitrogen and oxygen atoms in total. The van der Waals surface area contributed by atoms with Crippen LogP contribution in [0.3, 0.4) is 0 Å². The zero-order chi connectivity index (χ0) is 9.42. The van der Waals surface area contributed by atoms with Crippen LogP contribution in [0, 0.1) is 0 Å². The minimum Gasteiger partial charge on any atom is -0.361 e. The molecule has 1 atom stereocenters. The van der Waals surface area contributed by atoms with E-state index in [9.17, 15) is 0 Å². The molecule has 1 aromatic carbocycles. The van der Waals surface area contributed by atoms with E-state index in [4.69, 9.17) is 17.3 Å². The van der Waals surface area contributed by atoms with Gasteiger partial charge in [0.15, 0.2) is 0 Å². The molecule has 0 amide bonds. The number of aromatic nitrogens is 1. The van der Waals surface area contributed by atoms with Crippen molar-refractivity contribution >= 4 is 22.5 Å². The molecule has 0 aliphatic carbocycles. The number of nitrogens with two attached hydrogens (primary N) is 1. The summed E-state index contributed by atoms with van der Waals surface area (Å²) in [7, 11) is 0. The maximum Gasteiger partial charge on any atom is 0.0461 e. The monoisotopic (exact) mass is 194 g/mol. The van der Waals surface area contributed by atoms with Crippen LogP contribution in [0.2, 0.25) is 5.02 Å². The molecule has 1 heterocycles. The third-order valence-corrected chi connectivity index (χ3v) is 2.51. The molecule has 13 heavy (non-hydrogen) atoms. The molecule has 2 aromatic rings. The summed E-state index contributed by atoms with van der Waals surface area (Å²) in [4.78, 5) is 3.13. The summed E-state index contributed by atoms with van der Waals surface area (Å²) in [6.45, 7) is 1.94. The average molecular weight is 195 g/mol. The number of hydrogen-bond donors (Lipinski definition) is 2. The highest BCUT2D eigenvalue weighted by atomic mass is 35.5. The number of benzene rings is 1. The van der Waals surface area contributed by atoms with Crippen LogP contribution in [0.15, 0.2) is 24.4 Å². The van der Waals surface area contributed by atoms with Gasteiger partial charge in [-0.1, -0.05) is 11.6 Å². The first kappa shape index (κ1) is 8.60. The minimum atomic E-state index is -0.0352. The van der Waals surface area contributed by atoms with Gasteiger partial charge < -0.3 is 10.7 Å². The fourth-order valence-electron chi connectivity index (χ4n) is 1.59. The lowest BCUT2D eigenvalue weighted by molar-refractivity contribution is 0.827. The third kappa shape index (κ3) is 1.32. The van der Waals surface area contributed by atoms with Gasteiger partial charge in [0.2, 0.25) is 0 Å². The Morgan fingerprint density at radius 3 is 2.85 bits per heavy atom. The molecule has 0 saturated carbocycles. The van der Waals surface area contributed by atoms with Gasteiger partial charge in [0, 0.05) is 28.2 Å². The van der Waals surface area contributed by atoms with Crippen LogP contribution in [-0.2, 0) is 0 Å². The van der Waals surface area contributed by atoms with E-state index in [0.29, 0.717) is 0 Å². The smallest absolute Gasteiger partial charge is 0.0461 e. The van der Waals surface area contributed by atoms with Crippen LogP contribution < -0.4 is 5.73 Å². The minimum absolute atomic E-state index is 0.0352. The molecule has 1 aromatic heterocycles. The summed E-state index contributed by atoms with van der Waals surface area (Å²) < 4.78 is 0. The van der Waals surface area contributed by atoms with Crippen LogP contribution in [0.4, 0.5) is 0 Å². The van der Waals surface area contributed by atoms with Crippen molar-refractivity contribution in [2.24, 2.45) is 5.73 Å². The number of hydrogen-bond acceptors (Lipinski definition) is 1. The Morgan fingerprint density at radius 2 is 2.15 bits per heavy atom. The Hall–Kier alpha value is -0.990. The molecule has 0 radical (unpaired) electrons. The first-order valence-electron chi connectivity index (χ1n) is 4.21. The summed E-state index contributed by atoms with van der Waals surface area (Å²) in [5.74, 6) is 0. The second-order valence-corrected chi connectivity index (χ2v) is 3.60. The van der Waals surface area contributed by atoms with E-state index in [1.165, 1.54) is 0 Å². The number of nitrogens with one attached hydrogen (secondary N) is 1. The Labute approximate surface area is 81.7 Å². The zero-order valence-corrected chi connectivity index (χ0v) is 8.10. The van der Waals surface area contributed by atoms with Crippen molar-refractivity contribution < 1.29 is 0 Å². The highest BCUT2D eigenvalue weighted by Crippen LogP contribution is 2.29. The molecule has 1 unspecified atom stereocenters. The lowest BCUT2D eigenvalue weighted by atomic mass is 10.0. The number of halogens is 1. The molecular formula is C10H11ClN2. The Bertz CT molecular complexity index is 431. The summed E-state index contributed by atoms with van der Waals surface area (Å²) in [6, 6.07) is 5.80. The first-order valence-corrected chi connectivity index (χ1v) is 4.59. The van der Waals surface area contributed by atoms with Gasteiger partial charge >= 0.3 is 0 Å². The van der Waals surface area contributed by atoms with Crippen LogP contribution >= 0.6 is 11.6 Å². The molecule has 0 aliphatic heterocycles. The lowest BCUT2D eigenvalue weighted by Crippen LogP contribution is -2.05. The lowest BCUT2D eigenvalue weighted by Gasteiger charge is -2.09. The SMILES string of the molecule is CC(N)c1c(Cl)ccc2[nH]ccc12. The van der Waals surface area contributed by atoms with E-state index in [2.05, 4.69) is 4.98 Å². The quantitative estimate of drug-likeness (QED) is 0.720. The molecule has 68 valence electrons. The Morgan fingerprint density at radius 1 is 1.38 bits per heavy atom. The largest absolute Gasteiger partial charge is 0.361 e. The van der Waals surface area contributed by atoms with Crippen molar-refractivity contribution in [3.63, 3.8) is 0 Å². The fourth-order valence-corrected chi connectivity index (χ4v) is 1.93. The highest BCUT2D eigenvalue weighted by Gasteiger charge is 2.09. The van der Waals surface area contributed by atoms with Crippen molar-refractivity contribution in [3.05, 3.63) is 35.0 Å². The summed E-state index contributed by atoms with van der Waals surface area (Å²) >= 11 is 6.06. The van der Waals surface area contributed by atoms with E-state index in [1.54, 1.807) is 0 Å². The number of H-pyrrole nitrogens is 1. The topological polar surface area (TPSA) is 41.8 Å². The molecule has 3 heteroatoms. The first-order chi connectivity index (χ1) is 6.20. The van der Waals surface area contributed by atoms with E-state index < -0.39 is 0 Å². The summed E-state index contributed by atoms with van der Waals surface area (Å²) in [5, 5.41) is 1.85. The second kappa shape index (κ2) is 3.05. The second-order valence-electron chi connectivity index (χ2n) is 3.19. The number of aromatic amines is 1. The van der Waals surface area contributed by atoms with E-state index in [-0.39, 0.29) is 6.04 Å². The fraction of sp³-hybridized carbons (Fsp3) is 0.200. The van der Waals surface area contributed by atoms with Gasteiger partial charge in [-0.15, -0.1) is 0 Å². The van der Waals surface area contributed by atoms with Crippen molar-refractivity contribution in [2.75, 3.05) is 0 Å². The van der Waals surface area contributed by atoms with E-state index in [0.717, 1.165) is 21.5 Å². The van der Waals surface area contributed by atoms with Crippen molar-refractivity contribution in [2.45, 2.75) is 13.0 Å². The molecule has 0 aliphatic rings. The predicted molar refractivity (Wildman–Crippen MR) is 55.9 cm³/mol. The van der Waals surface area contributed by atoms with Gasteiger partial charge in [-0.25, -0.2) is 0 Å². The molecule has 0 fully saturated rings. The summed E-state index contributed by atoms with van der Waals surface area (Å²) in [5.41, 5.74) is 7.94. The van der Waals surface area contributed by atoms with Crippen molar-refractivity contribution in [1.82, 2.24) is 4.98 Å². The standard InChI is InChI=1S/C10H11ClN2/c1-6(12)10-7-4-5-13-9(7)3-2-8(10)11/h2-6,13H,12H2,1H3. The van der Waals surface area contributed by atoms with Gasteiger partial charge in [-0.05, 0) is 30.7 Å². The predicted octanol–water partition coefficient (Wildman–Crippen LogP) is 2.84. The Balaban J connectivity index is 2.80. The van der Waals surface area contributed by atoms with Gasteiger partial charge in [-0.3, -0.25) is 0 Å². The normalized spacial score (nSPS) is 13.5. The summed E-state index contributed by atoms with van der Waals surface area (Å²) in [6.07, 6.45) is 1.90. The number of rotatable bonds is 1. The zero-order valence-electron chi connectivity index (χ0n) is 7.34. The van der Waals surface area contributed by atoms with E-state index >= 15 is 0 Å². The number of fused-ring (bicyclic) bond motifs is 1. The van der Waals surface area contributed by atoms with Gasteiger partial charge in [-0.2, -0.15) is 0 Å².